The number of carbonyl (C=O) groups is 1. The van der Waals surface area contributed by atoms with Crippen LogP contribution in [0, 0.1) is 5.92 Å². The molecule has 0 radical (unpaired) electrons. The number of nitrogens with zero attached hydrogens (tertiary/aromatic N) is 2. The number of amides is 1. The molecule has 1 heterocycles. The van der Waals surface area contributed by atoms with Gasteiger partial charge >= 0.3 is 0 Å². The third-order valence-corrected chi connectivity index (χ3v) is 3.53. The molecule has 1 N–H and O–H groups in total. The number of hydrogen-bond acceptors (Lipinski definition) is 1. The zero-order valence-corrected chi connectivity index (χ0v) is 13.4. The van der Waals surface area contributed by atoms with Crippen LogP contribution in [0.1, 0.15) is 59.4 Å². The number of nitrogens with one attached hydrogen (secondary N) is 1. The Balaban J connectivity index is 2.69. The zero-order valence-electron chi connectivity index (χ0n) is 13.4. The van der Waals surface area contributed by atoms with E-state index in [-0.39, 0.29) is 17.9 Å². The molecule has 0 aliphatic carbocycles. The molecule has 4 nitrogen and oxygen atoms in total. The maximum Gasteiger partial charge on any atom is 0.265 e. The van der Waals surface area contributed by atoms with E-state index in [1.807, 2.05) is 10.8 Å². The Morgan fingerprint density at radius 1 is 1.25 bits per heavy atom. The van der Waals surface area contributed by atoms with E-state index in [1.165, 1.54) is 12.8 Å². The summed E-state index contributed by atoms with van der Waals surface area (Å²) < 4.78 is 4.21. The summed E-state index contributed by atoms with van der Waals surface area (Å²) in [5, 5.41) is 3.05. The summed E-state index contributed by atoms with van der Waals surface area (Å²) in [6.07, 6.45) is 10.6. The maximum absolute atomic E-state index is 12.3. The largest absolute Gasteiger partial charge is 0.352 e. The van der Waals surface area contributed by atoms with Crippen molar-refractivity contribution < 1.29 is 9.36 Å². The van der Waals surface area contributed by atoms with Gasteiger partial charge in [-0.3, -0.25) is 4.79 Å². The summed E-state index contributed by atoms with van der Waals surface area (Å²) in [4.78, 5) is 12.3. The molecule has 0 aliphatic rings. The summed E-state index contributed by atoms with van der Waals surface area (Å²) in [6, 6.07) is -0.116. The lowest BCUT2D eigenvalue weighted by atomic mass is 10.0. The second kappa shape index (κ2) is 8.77. The number of hydrogen-bond donors (Lipinski definition) is 1. The zero-order chi connectivity index (χ0) is 15.0. The monoisotopic (exact) mass is 280 g/mol. The first-order chi connectivity index (χ1) is 9.60. The van der Waals surface area contributed by atoms with Gasteiger partial charge in [-0.25, -0.2) is 9.13 Å². The van der Waals surface area contributed by atoms with Gasteiger partial charge in [-0.15, -0.1) is 0 Å². The van der Waals surface area contributed by atoms with Crippen molar-refractivity contribution in [2.75, 3.05) is 6.54 Å². The lowest BCUT2D eigenvalue weighted by molar-refractivity contribution is -0.696. The van der Waals surface area contributed by atoms with Gasteiger partial charge in [0.2, 0.25) is 6.33 Å². The summed E-state index contributed by atoms with van der Waals surface area (Å²) in [7, 11) is 0. The van der Waals surface area contributed by atoms with Crippen molar-refractivity contribution in [3.05, 3.63) is 18.7 Å². The fourth-order valence-electron chi connectivity index (χ4n) is 2.32. The molecule has 114 valence electrons. The van der Waals surface area contributed by atoms with Crippen LogP contribution in [-0.2, 0) is 11.3 Å². The minimum atomic E-state index is -0.116. The van der Waals surface area contributed by atoms with Crippen LogP contribution < -0.4 is 9.88 Å². The molecule has 0 fully saturated rings. The molecule has 0 bridgehead atoms. The van der Waals surface area contributed by atoms with Crippen molar-refractivity contribution in [2.45, 2.75) is 66.0 Å². The molecule has 0 aliphatic heterocycles. The van der Waals surface area contributed by atoms with E-state index < -0.39 is 0 Å². The van der Waals surface area contributed by atoms with Gasteiger partial charge in [-0.2, -0.15) is 0 Å². The van der Waals surface area contributed by atoms with E-state index in [0.717, 1.165) is 25.9 Å². The normalized spacial score (nSPS) is 12.7. The van der Waals surface area contributed by atoms with Crippen molar-refractivity contribution in [3.63, 3.8) is 0 Å². The molecule has 1 aromatic rings. The highest BCUT2D eigenvalue weighted by Crippen LogP contribution is 2.17. The van der Waals surface area contributed by atoms with Crippen LogP contribution in [-0.4, -0.2) is 17.0 Å². The Hall–Kier alpha value is -1.32. The van der Waals surface area contributed by atoms with Crippen LogP contribution in [0.4, 0.5) is 0 Å². The van der Waals surface area contributed by atoms with Gasteiger partial charge in [0.25, 0.3) is 5.91 Å². The number of imidazole rings is 1. The molecular weight excluding hydrogens is 250 g/mol. The van der Waals surface area contributed by atoms with Crippen LogP contribution >= 0.6 is 0 Å². The van der Waals surface area contributed by atoms with E-state index in [4.69, 9.17) is 0 Å². The number of unbranched alkanes of at least 4 members (excludes halogenated alkanes) is 2. The van der Waals surface area contributed by atoms with Crippen molar-refractivity contribution in [1.29, 1.82) is 0 Å². The minimum Gasteiger partial charge on any atom is -0.352 e. The fourth-order valence-corrected chi connectivity index (χ4v) is 2.32. The lowest BCUT2D eigenvalue weighted by Gasteiger charge is -2.17. The molecular formula is C16H30N3O+. The molecule has 20 heavy (non-hydrogen) atoms. The van der Waals surface area contributed by atoms with Crippen LogP contribution in [0.5, 0.6) is 0 Å². The third kappa shape index (κ3) is 4.99. The van der Waals surface area contributed by atoms with Crippen LogP contribution in [0.15, 0.2) is 18.7 Å². The summed E-state index contributed by atoms with van der Waals surface area (Å²) in [6.45, 7) is 10.3. The van der Waals surface area contributed by atoms with E-state index in [1.54, 1.807) is 0 Å². The Kier molecular flexibility index (Phi) is 7.34. The summed E-state index contributed by atoms with van der Waals surface area (Å²) in [5.41, 5.74) is 0. The predicted octanol–water partition coefficient (Wildman–Crippen LogP) is 2.69. The topological polar surface area (TPSA) is 37.9 Å². The Morgan fingerprint density at radius 2 is 1.95 bits per heavy atom. The first kappa shape index (κ1) is 16.7. The van der Waals surface area contributed by atoms with Crippen LogP contribution in [0.25, 0.3) is 0 Å². The van der Waals surface area contributed by atoms with Gasteiger partial charge in [0.15, 0.2) is 6.04 Å². The number of carbonyl (C=O) groups excluding carboxylic acids is 1. The number of aryl methyl sites for hydroxylation is 1. The lowest BCUT2D eigenvalue weighted by Crippen LogP contribution is -2.37. The van der Waals surface area contributed by atoms with E-state index in [9.17, 15) is 4.79 Å². The van der Waals surface area contributed by atoms with Crippen LogP contribution in [0.2, 0.25) is 0 Å². The second-order valence-electron chi connectivity index (χ2n) is 5.79. The number of aromatic nitrogens is 2. The van der Waals surface area contributed by atoms with Gasteiger partial charge in [0, 0.05) is 12.5 Å². The first-order valence-corrected chi connectivity index (χ1v) is 7.94. The summed E-state index contributed by atoms with van der Waals surface area (Å²) in [5.74, 6) is 0.412. The molecule has 1 atom stereocenters. The Labute approximate surface area is 123 Å². The predicted molar refractivity (Wildman–Crippen MR) is 81.3 cm³/mol. The van der Waals surface area contributed by atoms with Gasteiger partial charge in [0.1, 0.15) is 12.4 Å². The molecule has 0 aromatic carbocycles. The standard InChI is InChI=1S/C16H29N3O/c1-5-7-9-17-16(20)15(14(3)4)19-12-11-18(13-19)10-8-6-2/h11-15H,5-10H2,1-4H3/p+1/t15-/m0/s1. The molecule has 1 aromatic heterocycles. The molecule has 0 saturated heterocycles. The molecule has 0 spiro atoms. The first-order valence-electron chi connectivity index (χ1n) is 7.94. The smallest absolute Gasteiger partial charge is 0.265 e. The number of rotatable bonds is 9. The molecule has 4 heteroatoms. The highest BCUT2D eigenvalue weighted by atomic mass is 16.2. The average molecular weight is 280 g/mol. The molecule has 1 rings (SSSR count). The van der Waals surface area contributed by atoms with Gasteiger partial charge in [-0.05, 0) is 12.8 Å². The van der Waals surface area contributed by atoms with E-state index >= 15 is 0 Å². The van der Waals surface area contributed by atoms with Gasteiger partial charge in [-0.1, -0.05) is 40.5 Å². The SMILES string of the molecule is CCCCNC(=O)[C@H](C(C)C)n1cc[n+](CCCC)c1. The third-order valence-electron chi connectivity index (χ3n) is 3.53. The van der Waals surface area contributed by atoms with Crippen molar-refractivity contribution in [3.8, 4) is 0 Å². The van der Waals surface area contributed by atoms with E-state index in [2.05, 4.69) is 50.1 Å². The van der Waals surface area contributed by atoms with Crippen molar-refractivity contribution in [1.82, 2.24) is 9.88 Å². The van der Waals surface area contributed by atoms with Gasteiger partial charge in [0.05, 0.1) is 6.54 Å². The Bertz CT molecular complexity index is 398. The molecule has 0 saturated carbocycles. The van der Waals surface area contributed by atoms with Crippen molar-refractivity contribution >= 4 is 5.91 Å². The summed E-state index contributed by atoms with van der Waals surface area (Å²) >= 11 is 0. The molecule has 1 amide bonds. The highest BCUT2D eigenvalue weighted by Gasteiger charge is 2.28. The van der Waals surface area contributed by atoms with Crippen LogP contribution in [0.3, 0.4) is 0 Å². The highest BCUT2D eigenvalue weighted by molar-refractivity contribution is 5.80. The average Bonchev–Trinajstić information content (AvgIpc) is 2.85. The van der Waals surface area contributed by atoms with Gasteiger partial charge < -0.3 is 5.32 Å². The minimum absolute atomic E-state index is 0.116. The fraction of sp³-hybridized carbons (Fsp3) is 0.750. The second-order valence-corrected chi connectivity index (χ2v) is 5.79. The Morgan fingerprint density at radius 3 is 2.55 bits per heavy atom. The quantitative estimate of drug-likeness (QED) is 0.548. The maximum atomic E-state index is 12.3. The molecule has 0 unspecified atom stereocenters. The van der Waals surface area contributed by atoms with Crippen molar-refractivity contribution in [2.24, 2.45) is 5.92 Å². The van der Waals surface area contributed by atoms with E-state index in [0.29, 0.717) is 0 Å².